The Bertz CT molecular complexity index is 209. The summed E-state index contributed by atoms with van der Waals surface area (Å²) in [5, 5.41) is 2.82. The van der Waals surface area contributed by atoms with Gasteiger partial charge in [-0.1, -0.05) is 13.8 Å². The van der Waals surface area contributed by atoms with Gasteiger partial charge in [0.1, 0.15) is 5.60 Å². The van der Waals surface area contributed by atoms with Crippen LogP contribution in [0.15, 0.2) is 0 Å². The molecular formula is C12H25NO3. The maximum atomic E-state index is 11.5. The van der Waals surface area contributed by atoms with Crippen molar-refractivity contribution in [3.8, 4) is 0 Å². The summed E-state index contributed by atoms with van der Waals surface area (Å²) in [7, 11) is 0. The molecule has 0 aromatic heterocycles. The van der Waals surface area contributed by atoms with Crippen LogP contribution in [0.2, 0.25) is 0 Å². The summed E-state index contributed by atoms with van der Waals surface area (Å²) in [5.74, 6) is 0.319. The molecular weight excluding hydrogens is 206 g/mol. The van der Waals surface area contributed by atoms with Crippen LogP contribution in [0.1, 0.15) is 41.5 Å². The van der Waals surface area contributed by atoms with Gasteiger partial charge in [0.25, 0.3) is 0 Å². The molecule has 4 nitrogen and oxygen atoms in total. The Morgan fingerprint density at radius 2 is 1.88 bits per heavy atom. The van der Waals surface area contributed by atoms with Crippen molar-refractivity contribution in [3.63, 3.8) is 0 Å². The van der Waals surface area contributed by atoms with Gasteiger partial charge >= 0.3 is 6.09 Å². The fourth-order valence-electron chi connectivity index (χ4n) is 1.10. The quantitative estimate of drug-likeness (QED) is 0.791. The highest BCUT2D eigenvalue weighted by molar-refractivity contribution is 5.68. The second-order valence-electron chi connectivity index (χ2n) is 5.16. The topological polar surface area (TPSA) is 47.6 Å². The van der Waals surface area contributed by atoms with E-state index >= 15 is 0 Å². The van der Waals surface area contributed by atoms with Crippen molar-refractivity contribution in [2.75, 3.05) is 13.2 Å². The monoisotopic (exact) mass is 231 g/mol. The molecule has 0 bridgehead atoms. The lowest BCUT2D eigenvalue weighted by molar-refractivity contribution is 0.0416. The van der Waals surface area contributed by atoms with Gasteiger partial charge in [-0.3, -0.25) is 0 Å². The molecule has 4 heteroatoms. The molecule has 0 heterocycles. The molecule has 16 heavy (non-hydrogen) atoms. The van der Waals surface area contributed by atoms with Crippen molar-refractivity contribution in [2.45, 2.75) is 53.2 Å². The van der Waals surface area contributed by atoms with Gasteiger partial charge in [-0.05, 0) is 33.6 Å². The Labute approximate surface area is 98.7 Å². The van der Waals surface area contributed by atoms with Gasteiger partial charge in [0, 0.05) is 6.61 Å². The van der Waals surface area contributed by atoms with Crippen LogP contribution in [0, 0.1) is 5.92 Å². The number of rotatable bonds is 5. The fourth-order valence-corrected chi connectivity index (χ4v) is 1.10. The minimum Gasteiger partial charge on any atom is -0.444 e. The molecule has 0 aromatic rings. The highest BCUT2D eigenvalue weighted by atomic mass is 16.6. The summed E-state index contributed by atoms with van der Waals surface area (Å²) in [6, 6.07) is -0.00481. The maximum Gasteiger partial charge on any atom is 0.407 e. The largest absolute Gasteiger partial charge is 0.444 e. The minimum atomic E-state index is -0.461. The van der Waals surface area contributed by atoms with Crippen molar-refractivity contribution in [2.24, 2.45) is 5.92 Å². The van der Waals surface area contributed by atoms with Crippen LogP contribution in [0.3, 0.4) is 0 Å². The number of hydrogen-bond donors (Lipinski definition) is 1. The first-order valence-electron chi connectivity index (χ1n) is 5.83. The number of amides is 1. The van der Waals surface area contributed by atoms with Gasteiger partial charge in [0.15, 0.2) is 0 Å². The molecule has 0 rings (SSSR count). The molecule has 0 saturated carbocycles. The van der Waals surface area contributed by atoms with E-state index in [0.717, 1.165) is 0 Å². The van der Waals surface area contributed by atoms with E-state index in [4.69, 9.17) is 9.47 Å². The number of hydrogen-bond acceptors (Lipinski definition) is 3. The zero-order chi connectivity index (χ0) is 12.8. The van der Waals surface area contributed by atoms with Crippen LogP contribution in [0.25, 0.3) is 0 Å². The molecule has 1 N–H and O–H groups in total. The third kappa shape index (κ3) is 7.51. The molecule has 96 valence electrons. The van der Waals surface area contributed by atoms with E-state index in [1.165, 1.54) is 0 Å². The van der Waals surface area contributed by atoms with Gasteiger partial charge in [-0.25, -0.2) is 4.79 Å². The van der Waals surface area contributed by atoms with Crippen LogP contribution < -0.4 is 5.32 Å². The van der Waals surface area contributed by atoms with Gasteiger partial charge in [-0.2, -0.15) is 0 Å². The zero-order valence-electron chi connectivity index (χ0n) is 11.3. The maximum absolute atomic E-state index is 11.5. The SMILES string of the molecule is CCOCC(NC(=O)OC(C)(C)C)C(C)C. The van der Waals surface area contributed by atoms with Crippen molar-refractivity contribution in [1.82, 2.24) is 5.32 Å². The smallest absolute Gasteiger partial charge is 0.407 e. The Kier molecular flexibility index (Phi) is 6.41. The van der Waals surface area contributed by atoms with E-state index in [1.54, 1.807) is 0 Å². The van der Waals surface area contributed by atoms with E-state index in [0.29, 0.717) is 19.1 Å². The van der Waals surface area contributed by atoms with Gasteiger partial charge < -0.3 is 14.8 Å². The second-order valence-corrected chi connectivity index (χ2v) is 5.16. The first-order valence-corrected chi connectivity index (χ1v) is 5.83. The van der Waals surface area contributed by atoms with E-state index < -0.39 is 5.60 Å². The van der Waals surface area contributed by atoms with E-state index in [-0.39, 0.29) is 12.1 Å². The van der Waals surface area contributed by atoms with Crippen molar-refractivity contribution < 1.29 is 14.3 Å². The standard InChI is InChI=1S/C12H25NO3/c1-7-15-8-10(9(2)3)13-11(14)16-12(4,5)6/h9-10H,7-8H2,1-6H3,(H,13,14). The lowest BCUT2D eigenvalue weighted by Crippen LogP contribution is -2.44. The van der Waals surface area contributed by atoms with Crippen LogP contribution in [0.5, 0.6) is 0 Å². The highest BCUT2D eigenvalue weighted by Gasteiger charge is 2.21. The minimum absolute atomic E-state index is 0.00481. The average Bonchev–Trinajstić information content (AvgIpc) is 2.08. The Balaban J connectivity index is 4.13. The third-order valence-corrected chi connectivity index (χ3v) is 2.01. The molecule has 0 saturated heterocycles. The Hall–Kier alpha value is -0.770. The Morgan fingerprint density at radius 1 is 1.31 bits per heavy atom. The van der Waals surface area contributed by atoms with Crippen molar-refractivity contribution in [3.05, 3.63) is 0 Å². The summed E-state index contributed by atoms with van der Waals surface area (Å²) in [5.41, 5.74) is -0.461. The first-order chi connectivity index (χ1) is 7.26. The molecule has 1 unspecified atom stereocenters. The fraction of sp³-hybridized carbons (Fsp3) is 0.917. The molecule has 0 spiro atoms. The van der Waals surface area contributed by atoms with Gasteiger partial charge in [0.2, 0.25) is 0 Å². The van der Waals surface area contributed by atoms with Crippen LogP contribution in [-0.2, 0) is 9.47 Å². The van der Waals surface area contributed by atoms with Crippen LogP contribution >= 0.6 is 0 Å². The first kappa shape index (κ1) is 15.2. The predicted octanol–water partition coefficient (Wildman–Crippen LogP) is 2.57. The highest BCUT2D eigenvalue weighted by Crippen LogP contribution is 2.08. The summed E-state index contributed by atoms with van der Waals surface area (Å²) in [6.07, 6.45) is -0.383. The normalized spacial score (nSPS) is 13.7. The molecule has 0 aliphatic rings. The van der Waals surface area contributed by atoms with Crippen LogP contribution in [0.4, 0.5) is 4.79 Å². The molecule has 0 radical (unpaired) electrons. The lowest BCUT2D eigenvalue weighted by atomic mass is 10.1. The lowest BCUT2D eigenvalue weighted by Gasteiger charge is -2.25. The number of nitrogens with one attached hydrogen (secondary N) is 1. The predicted molar refractivity (Wildman–Crippen MR) is 64.5 cm³/mol. The van der Waals surface area contributed by atoms with Gasteiger partial charge in [0.05, 0.1) is 12.6 Å². The van der Waals surface area contributed by atoms with E-state index in [1.807, 2.05) is 41.5 Å². The summed E-state index contributed by atoms with van der Waals surface area (Å²) in [6.45, 7) is 12.7. The van der Waals surface area contributed by atoms with Crippen molar-refractivity contribution >= 4 is 6.09 Å². The average molecular weight is 231 g/mol. The Morgan fingerprint density at radius 3 is 2.25 bits per heavy atom. The third-order valence-electron chi connectivity index (χ3n) is 2.01. The number of carbonyl (C=O) groups is 1. The number of alkyl carbamates (subject to hydrolysis) is 1. The van der Waals surface area contributed by atoms with Crippen molar-refractivity contribution in [1.29, 1.82) is 0 Å². The summed E-state index contributed by atoms with van der Waals surface area (Å²) >= 11 is 0. The molecule has 1 amide bonds. The summed E-state index contributed by atoms with van der Waals surface area (Å²) in [4.78, 5) is 11.5. The summed E-state index contributed by atoms with van der Waals surface area (Å²) < 4.78 is 10.5. The molecule has 0 aliphatic carbocycles. The second kappa shape index (κ2) is 6.74. The number of ether oxygens (including phenoxy) is 2. The van der Waals surface area contributed by atoms with Gasteiger partial charge in [-0.15, -0.1) is 0 Å². The molecule has 0 fully saturated rings. The van der Waals surface area contributed by atoms with E-state index in [2.05, 4.69) is 5.32 Å². The van der Waals surface area contributed by atoms with Crippen LogP contribution in [-0.4, -0.2) is 30.9 Å². The molecule has 0 aromatic carbocycles. The zero-order valence-corrected chi connectivity index (χ0v) is 11.3. The number of carbonyl (C=O) groups excluding carboxylic acids is 1. The van der Waals surface area contributed by atoms with E-state index in [9.17, 15) is 4.79 Å². The molecule has 1 atom stereocenters. The molecule has 0 aliphatic heterocycles.